The maximum Gasteiger partial charge on any atom is 0.203 e. The topological polar surface area (TPSA) is 34.5 Å². The zero-order valence-corrected chi connectivity index (χ0v) is 18.8. The number of carbonyl (C=O) groups excluding carboxylic acids is 1. The molecule has 0 bridgehead atoms. The van der Waals surface area contributed by atoms with Crippen LogP contribution in [-0.2, 0) is 6.54 Å². The number of hydrogen-bond acceptors (Lipinski definition) is 4. The van der Waals surface area contributed by atoms with Gasteiger partial charge in [0.2, 0.25) is 5.78 Å². The Morgan fingerprint density at radius 2 is 1.72 bits per heavy atom. The van der Waals surface area contributed by atoms with Crippen molar-refractivity contribution in [1.29, 1.82) is 0 Å². The summed E-state index contributed by atoms with van der Waals surface area (Å²) in [6.45, 7) is 10.7. The monoisotopic (exact) mass is 412 g/mol. The third kappa shape index (κ3) is 4.90. The summed E-state index contributed by atoms with van der Waals surface area (Å²) in [5.41, 5.74) is 1.98. The van der Waals surface area contributed by atoms with E-state index in [1.807, 2.05) is 44.2 Å². The van der Waals surface area contributed by atoms with Gasteiger partial charge in [0.1, 0.15) is 10.6 Å². The fourth-order valence-corrected chi connectivity index (χ4v) is 5.06. The molecule has 4 nitrogen and oxygen atoms in total. The predicted molar refractivity (Wildman–Crippen MR) is 123 cm³/mol. The summed E-state index contributed by atoms with van der Waals surface area (Å²) in [6, 6.07) is 11.6. The number of nitrogens with zero attached hydrogens (tertiary/aromatic N) is 2. The van der Waals surface area contributed by atoms with Crippen molar-refractivity contribution in [3.63, 3.8) is 0 Å². The van der Waals surface area contributed by atoms with Crippen molar-refractivity contribution in [3.05, 3.63) is 52.5 Å². The van der Waals surface area contributed by atoms with Crippen molar-refractivity contribution in [1.82, 2.24) is 9.47 Å². The Morgan fingerprint density at radius 3 is 2.38 bits per heavy atom. The van der Waals surface area contributed by atoms with Gasteiger partial charge in [0.15, 0.2) is 0 Å². The Kier molecular flexibility index (Phi) is 7.51. The number of hydrogen-bond donors (Lipinski definition) is 0. The summed E-state index contributed by atoms with van der Waals surface area (Å²) in [6.07, 6.45) is 4.00. The molecule has 0 aliphatic carbocycles. The molecule has 4 rings (SSSR count). The van der Waals surface area contributed by atoms with E-state index in [0.29, 0.717) is 5.56 Å². The van der Waals surface area contributed by atoms with E-state index in [-0.39, 0.29) is 5.78 Å². The number of rotatable bonds is 6. The molecule has 0 atom stereocenters. The minimum atomic E-state index is 0.0825. The maximum absolute atomic E-state index is 12.9. The highest BCUT2D eigenvalue weighted by Crippen LogP contribution is 2.31. The maximum atomic E-state index is 12.9. The SMILES string of the molecule is CC.COc1ccc(C(=O)c2cc3cc(C)n(CCN4CCCCC4)c3s2)cc1. The van der Waals surface area contributed by atoms with Crippen LogP contribution in [0.1, 0.15) is 54.0 Å². The van der Waals surface area contributed by atoms with Crippen molar-refractivity contribution in [2.45, 2.75) is 46.6 Å². The second-order valence-corrected chi connectivity index (χ2v) is 8.30. The number of aryl methyl sites for hydroxylation is 1. The molecule has 3 heterocycles. The molecule has 0 N–H and O–H groups in total. The van der Waals surface area contributed by atoms with Crippen molar-refractivity contribution < 1.29 is 9.53 Å². The summed E-state index contributed by atoms with van der Waals surface area (Å²) in [4.78, 5) is 17.4. The smallest absolute Gasteiger partial charge is 0.203 e. The zero-order valence-electron chi connectivity index (χ0n) is 18.0. The van der Waals surface area contributed by atoms with Crippen molar-refractivity contribution in [2.24, 2.45) is 0 Å². The van der Waals surface area contributed by atoms with E-state index in [9.17, 15) is 4.79 Å². The number of piperidine rings is 1. The molecule has 0 spiro atoms. The van der Waals surface area contributed by atoms with Gasteiger partial charge in [0, 0.05) is 29.7 Å². The lowest BCUT2D eigenvalue weighted by Crippen LogP contribution is -2.32. The molecule has 0 unspecified atom stereocenters. The second-order valence-electron chi connectivity index (χ2n) is 7.27. The van der Waals surface area contributed by atoms with E-state index in [0.717, 1.165) is 23.7 Å². The quantitative estimate of drug-likeness (QED) is 0.483. The Labute approximate surface area is 178 Å². The highest BCUT2D eigenvalue weighted by Gasteiger charge is 2.17. The predicted octanol–water partition coefficient (Wildman–Crippen LogP) is 5.76. The molecule has 1 aliphatic rings. The second kappa shape index (κ2) is 10.1. The summed E-state index contributed by atoms with van der Waals surface area (Å²) in [5, 5.41) is 1.17. The molecule has 1 saturated heterocycles. The van der Waals surface area contributed by atoms with Crippen LogP contribution >= 0.6 is 11.3 Å². The van der Waals surface area contributed by atoms with Gasteiger partial charge in [-0.15, -0.1) is 11.3 Å². The standard InChI is InChI=1S/C22H26N2O2S.C2H6/c1-16-14-18-15-20(21(25)17-6-8-19(26-2)9-7-17)27-22(18)24(16)13-12-23-10-4-3-5-11-23;1-2/h6-9,14-15H,3-5,10-13H2,1-2H3;1-2H3. The summed E-state index contributed by atoms with van der Waals surface area (Å²) in [7, 11) is 1.63. The van der Waals surface area contributed by atoms with E-state index >= 15 is 0 Å². The summed E-state index contributed by atoms with van der Waals surface area (Å²) < 4.78 is 7.55. The number of ketones is 1. The van der Waals surface area contributed by atoms with E-state index < -0.39 is 0 Å². The van der Waals surface area contributed by atoms with Gasteiger partial charge >= 0.3 is 0 Å². The first-order chi connectivity index (χ1) is 14.2. The van der Waals surface area contributed by atoms with Gasteiger partial charge in [-0.2, -0.15) is 0 Å². The van der Waals surface area contributed by atoms with Crippen LogP contribution in [0.2, 0.25) is 0 Å². The first-order valence-corrected chi connectivity index (χ1v) is 11.5. The van der Waals surface area contributed by atoms with Crippen LogP contribution < -0.4 is 4.74 Å². The number of likely N-dealkylation sites (tertiary alicyclic amines) is 1. The van der Waals surface area contributed by atoms with Crippen molar-refractivity contribution in [3.8, 4) is 5.75 Å². The van der Waals surface area contributed by atoms with Crippen molar-refractivity contribution in [2.75, 3.05) is 26.7 Å². The number of ether oxygens (including phenoxy) is 1. The lowest BCUT2D eigenvalue weighted by atomic mass is 10.1. The number of thiophene rings is 1. The van der Waals surface area contributed by atoms with Gasteiger partial charge in [0.05, 0.1) is 12.0 Å². The molecule has 3 aromatic rings. The molecule has 0 saturated carbocycles. The number of carbonyl (C=O) groups is 1. The van der Waals surface area contributed by atoms with Gasteiger partial charge in [-0.05, 0) is 69.3 Å². The molecule has 0 amide bonds. The lowest BCUT2D eigenvalue weighted by molar-refractivity contribution is 0.104. The first kappa shape index (κ1) is 21.6. The van der Waals surface area contributed by atoms with Crippen molar-refractivity contribution >= 4 is 27.3 Å². The molecule has 29 heavy (non-hydrogen) atoms. The lowest BCUT2D eigenvalue weighted by Gasteiger charge is -2.26. The molecule has 156 valence electrons. The average Bonchev–Trinajstić information content (AvgIpc) is 3.31. The Bertz CT molecular complexity index is 934. The van der Waals surface area contributed by atoms with Crippen LogP contribution in [0.15, 0.2) is 36.4 Å². The first-order valence-electron chi connectivity index (χ1n) is 10.7. The molecular formula is C24H32N2O2S. The van der Waals surface area contributed by atoms with Crippen LogP contribution in [0.5, 0.6) is 5.75 Å². The number of fused-ring (bicyclic) bond motifs is 1. The van der Waals surface area contributed by atoms with E-state index in [1.54, 1.807) is 18.4 Å². The molecule has 5 heteroatoms. The third-order valence-corrected chi connectivity index (χ3v) is 6.61. The largest absolute Gasteiger partial charge is 0.497 e. The number of methoxy groups -OCH3 is 1. The molecule has 1 aliphatic heterocycles. The molecule has 2 aromatic heterocycles. The van der Waals surface area contributed by atoms with Crippen LogP contribution in [-0.4, -0.2) is 42.0 Å². The summed E-state index contributed by atoms with van der Waals surface area (Å²) in [5.74, 6) is 0.849. The van der Waals surface area contributed by atoms with Crippen LogP contribution in [0, 0.1) is 6.92 Å². The van der Waals surface area contributed by atoms with Gasteiger partial charge in [-0.25, -0.2) is 0 Å². The zero-order chi connectivity index (χ0) is 20.8. The number of benzene rings is 1. The normalized spacial score (nSPS) is 14.5. The van der Waals surface area contributed by atoms with Gasteiger partial charge in [0.25, 0.3) is 0 Å². The molecule has 0 radical (unpaired) electrons. The minimum absolute atomic E-state index is 0.0825. The van der Waals surface area contributed by atoms with E-state index in [2.05, 4.69) is 22.5 Å². The van der Waals surface area contributed by atoms with Gasteiger partial charge < -0.3 is 14.2 Å². The Morgan fingerprint density at radius 1 is 1.03 bits per heavy atom. The highest BCUT2D eigenvalue weighted by atomic mass is 32.1. The highest BCUT2D eigenvalue weighted by molar-refractivity contribution is 7.20. The van der Waals surface area contributed by atoms with Crippen LogP contribution in [0.3, 0.4) is 0 Å². The van der Waals surface area contributed by atoms with E-state index in [1.165, 1.54) is 48.3 Å². The van der Waals surface area contributed by atoms with Gasteiger partial charge in [-0.1, -0.05) is 20.3 Å². The van der Waals surface area contributed by atoms with Crippen LogP contribution in [0.25, 0.3) is 10.2 Å². The minimum Gasteiger partial charge on any atom is -0.497 e. The number of aromatic nitrogens is 1. The molecule has 1 aromatic carbocycles. The van der Waals surface area contributed by atoms with E-state index in [4.69, 9.17) is 4.74 Å². The summed E-state index contributed by atoms with van der Waals surface area (Å²) >= 11 is 1.61. The average molecular weight is 413 g/mol. The molecule has 1 fully saturated rings. The molecular weight excluding hydrogens is 380 g/mol. The fraction of sp³-hybridized carbons (Fsp3) is 0.458. The fourth-order valence-electron chi connectivity index (χ4n) is 3.87. The third-order valence-electron chi connectivity index (χ3n) is 5.44. The Hall–Kier alpha value is -2.11. The Balaban J connectivity index is 0.00000117. The van der Waals surface area contributed by atoms with Gasteiger partial charge in [-0.3, -0.25) is 4.79 Å². The van der Waals surface area contributed by atoms with Crippen LogP contribution in [0.4, 0.5) is 0 Å².